The van der Waals surface area contributed by atoms with Crippen molar-refractivity contribution >= 4 is 35.2 Å². The molecule has 30 heavy (non-hydrogen) atoms. The van der Waals surface area contributed by atoms with Gasteiger partial charge in [0.1, 0.15) is 6.26 Å². The Balaban J connectivity index is 1.62. The van der Waals surface area contributed by atoms with Crippen LogP contribution in [0.3, 0.4) is 0 Å². The van der Waals surface area contributed by atoms with Gasteiger partial charge in [-0.25, -0.2) is 0 Å². The maximum absolute atomic E-state index is 12.6. The molecule has 0 bridgehead atoms. The summed E-state index contributed by atoms with van der Waals surface area (Å²) in [7, 11) is 0. The van der Waals surface area contributed by atoms with Gasteiger partial charge in [-0.2, -0.15) is 0 Å². The van der Waals surface area contributed by atoms with Crippen LogP contribution in [0.2, 0.25) is 5.02 Å². The van der Waals surface area contributed by atoms with Crippen LogP contribution in [0.5, 0.6) is 0 Å². The highest BCUT2D eigenvalue weighted by Gasteiger charge is 2.21. The van der Waals surface area contributed by atoms with Crippen molar-refractivity contribution in [3.63, 3.8) is 0 Å². The Morgan fingerprint density at radius 1 is 1.03 bits per heavy atom. The van der Waals surface area contributed by atoms with E-state index in [1.165, 1.54) is 12.3 Å². The van der Waals surface area contributed by atoms with E-state index in [2.05, 4.69) is 20.3 Å². The number of aromatic nitrogens is 1. The molecule has 1 atom stereocenters. The first kappa shape index (κ1) is 21.1. The van der Waals surface area contributed by atoms with Crippen LogP contribution < -0.4 is 10.6 Å². The Morgan fingerprint density at radius 3 is 2.47 bits per heavy atom. The molecule has 9 heteroatoms. The third-order valence-corrected chi connectivity index (χ3v) is 4.40. The maximum Gasteiger partial charge on any atom is 0.308 e. The number of ether oxygens (including phenoxy) is 1. The van der Waals surface area contributed by atoms with Crippen LogP contribution in [0.4, 0.5) is 5.82 Å². The number of esters is 1. The highest BCUT2D eigenvalue weighted by atomic mass is 35.5. The number of carbonyl (C=O) groups excluding carboxylic acids is 3. The number of nitrogens with zero attached hydrogens (tertiary/aromatic N) is 1. The molecule has 2 aromatic carbocycles. The molecule has 0 radical (unpaired) electrons. The van der Waals surface area contributed by atoms with Gasteiger partial charge < -0.3 is 19.9 Å². The van der Waals surface area contributed by atoms with Gasteiger partial charge in [-0.05, 0) is 17.7 Å². The molecule has 154 valence electrons. The van der Waals surface area contributed by atoms with Crippen LogP contribution in [0.1, 0.15) is 28.4 Å². The number of amides is 2. The summed E-state index contributed by atoms with van der Waals surface area (Å²) >= 11 is 6.09. The van der Waals surface area contributed by atoms with Gasteiger partial charge in [0.25, 0.3) is 11.8 Å². The zero-order valence-electron chi connectivity index (χ0n) is 15.7. The van der Waals surface area contributed by atoms with Crippen LogP contribution in [-0.2, 0) is 14.3 Å². The Kier molecular flexibility index (Phi) is 7.18. The molecule has 0 saturated carbocycles. The summed E-state index contributed by atoms with van der Waals surface area (Å²) < 4.78 is 9.63. The SMILES string of the molecule is O=C(COC(=O)CC(NC(=O)c1ccccc1Cl)c1ccccc1)Nc1ccon1. The zero-order chi connectivity index (χ0) is 21.3. The highest BCUT2D eigenvalue weighted by Crippen LogP contribution is 2.20. The van der Waals surface area contributed by atoms with Gasteiger partial charge in [-0.1, -0.05) is 59.2 Å². The number of hydrogen-bond donors (Lipinski definition) is 2. The number of carbonyl (C=O) groups is 3. The topological polar surface area (TPSA) is 111 Å². The second kappa shape index (κ2) is 10.2. The summed E-state index contributed by atoms with van der Waals surface area (Å²) in [5.41, 5.74) is 1.00. The van der Waals surface area contributed by atoms with Crippen LogP contribution in [0.25, 0.3) is 0 Å². The highest BCUT2D eigenvalue weighted by molar-refractivity contribution is 6.33. The van der Waals surface area contributed by atoms with E-state index in [1.54, 1.807) is 48.5 Å². The standard InChI is InChI=1S/C21H18ClN3O5/c22-16-9-5-4-8-15(16)21(28)23-17(14-6-2-1-3-7-14)12-20(27)29-13-19(26)24-18-10-11-30-25-18/h1-11,17H,12-13H2,(H,23,28)(H,24,25,26). The van der Waals surface area contributed by atoms with Crippen molar-refractivity contribution in [2.24, 2.45) is 0 Å². The normalized spacial score (nSPS) is 11.4. The molecule has 8 nitrogen and oxygen atoms in total. The van der Waals surface area contributed by atoms with E-state index in [0.717, 1.165) is 0 Å². The third-order valence-electron chi connectivity index (χ3n) is 4.07. The van der Waals surface area contributed by atoms with E-state index >= 15 is 0 Å². The lowest BCUT2D eigenvalue weighted by molar-refractivity contribution is -0.147. The molecule has 0 spiro atoms. The summed E-state index contributed by atoms with van der Waals surface area (Å²) in [6, 6.07) is 16.4. The molecule has 3 aromatic rings. The van der Waals surface area contributed by atoms with Gasteiger partial charge in [0, 0.05) is 6.07 Å². The fraction of sp³-hybridized carbons (Fsp3) is 0.143. The molecule has 3 rings (SSSR count). The zero-order valence-corrected chi connectivity index (χ0v) is 16.5. The Hall–Kier alpha value is -3.65. The van der Waals surface area contributed by atoms with Gasteiger partial charge in [0.05, 0.1) is 23.0 Å². The summed E-state index contributed by atoms with van der Waals surface area (Å²) in [6.07, 6.45) is 1.13. The van der Waals surface area contributed by atoms with E-state index in [-0.39, 0.29) is 12.2 Å². The molecule has 1 aromatic heterocycles. The molecular weight excluding hydrogens is 410 g/mol. The summed E-state index contributed by atoms with van der Waals surface area (Å²) in [5, 5.41) is 9.05. The third kappa shape index (κ3) is 5.92. The van der Waals surface area contributed by atoms with Crippen LogP contribution in [0, 0.1) is 0 Å². The molecule has 0 aliphatic carbocycles. The second-order valence-corrected chi connectivity index (χ2v) is 6.62. The lowest BCUT2D eigenvalue weighted by Gasteiger charge is -2.19. The quantitative estimate of drug-likeness (QED) is 0.533. The van der Waals surface area contributed by atoms with Crippen molar-refractivity contribution in [2.75, 3.05) is 11.9 Å². The largest absolute Gasteiger partial charge is 0.455 e. The van der Waals surface area contributed by atoms with Crippen LogP contribution in [-0.4, -0.2) is 29.5 Å². The molecule has 1 heterocycles. The van der Waals surface area contributed by atoms with Gasteiger partial charge in [0.2, 0.25) is 0 Å². The number of anilines is 1. The van der Waals surface area contributed by atoms with E-state index in [0.29, 0.717) is 16.1 Å². The average Bonchev–Trinajstić information content (AvgIpc) is 3.25. The van der Waals surface area contributed by atoms with E-state index in [1.807, 2.05) is 6.07 Å². The fourth-order valence-electron chi connectivity index (χ4n) is 2.65. The molecular formula is C21H18ClN3O5. The Bertz CT molecular complexity index is 1010. The maximum atomic E-state index is 12.6. The predicted molar refractivity (Wildman–Crippen MR) is 109 cm³/mol. The number of halogens is 1. The number of hydrogen-bond acceptors (Lipinski definition) is 6. The molecule has 2 N–H and O–H groups in total. The fourth-order valence-corrected chi connectivity index (χ4v) is 2.87. The number of benzene rings is 2. The smallest absolute Gasteiger partial charge is 0.308 e. The lowest BCUT2D eigenvalue weighted by atomic mass is 10.0. The van der Waals surface area contributed by atoms with Crippen molar-refractivity contribution in [2.45, 2.75) is 12.5 Å². The summed E-state index contributed by atoms with van der Waals surface area (Å²) in [5.74, 6) is -1.43. The summed E-state index contributed by atoms with van der Waals surface area (Å²) in [6.45, 7) is -0.494. The van der Waals surface area contributed by atoms with E-state index in [9.17, 15) is 14.4 Å². The van der Waals surface area contributed by atoms with Gasteiger partial charge in [0.15, 0.2) is 12.4 Å². The first-order valence-corrected chi connectivity index (χ1v) is 9.37. The van der Waals surface area contributed by atoms with Crippen molar-refractivity contribution in [1.82, 2.24) is 10.5 Å². The van der Waals surface area contributed by atoms with Crippen molar-refractivity contribution in [3.8, 4) is 0 Å². The van der Waals surface area contributed by atoms with Crippen molar-refractivity contribution in [3.05, 3.63) is 83.1 Å². The molecule has 0 aliphatic rings. The Labute approximate surface area is 177 Å². The Morgan fingerprint density at radius 2 is 1.77 bits per heavy atom. The molecule has 0 saturated heterocycles. The van der Waals surface area contributed by atoms with Gasteiger partial charge >= 0.3 is 5.97 Å². The molecule has 0 aliphatic heterocycles. The minimum Gasteiger partial charge on any atom is -0.455 e. The van der Waals surface area contributed by atoms with Gasteiger partial charge in [-0.3, -0.25) is 14.4 Å². The van der Waals surface area contributed by atoms with Crippen LogP contribution in [0.15, 0.2) is 71.4 Å². The monoisotopic (exact) mass is 427 g/mol. The van der Waals surface area contributed by atoms with Gasteiger partial charge in [-0.15, -0.1) is 0 Å². The van der Waals surface area contributed by atoms with Crippen LogP contribution >= 0.6 is 11.6 Å². The lowest BCUT2D eigenvalue weighted by Crippen LogP contribution is -2.31. The van der Waals surface area contributed by atoms with E-state index < -0.39 is 30.4 Å². The first-order chi connectivity index (χ1) is 14.5. The van der Waals surface area contributed by atoms with Crippen molar-refractivity contribution < 1.29 is 23.6 Å². The average molecular weight is 428 g/mol. The minimum atomic E-state index is -0.666. The minimum absolute atomic E-state index is 0.169. The second-order valence-electron chi connectivity index (χ2n) is 6.21. The summed E-state index contributed by atoms with van der Waals surface area (Å²) in [4.78, 5) is 36.8. The molecule has 2 amide bonds. The molecule has 0 fully saturated rings. The number of nitrogens with one attached hydrogen (secondary N) is 2. The van der Waals surface area contributed by atoms with E-state index in [4.69, 9.17) is 16.3 Å². The molecule has 1 unspecified atom stereocenters. The number of rotatable bonds is 8. The predicted octanol–water partition coefficient (Wildman–Crippen LogP) is 3.37. The first-order valence-electron chi connectivity index (χ1n) is 8.99. The van der Waals surface area contributed by atoms with Crippen molar-refractivity contribution in [1.29, 1.82) is 0 Å².